The Morgan fingerprint density at radius 2 is 1.20 bits per heavy atom. The second-order valence-electron chi connectivity index (χ2n) is 15.3. The fourth-order valence-electron chi connectivity index (χ4n) is 9.12. The van der Waals surface area contributed by atoms with E-state index in [2.05, 4.69) is 199 Å². The Morgan fingerprint density at radius 1 is 0.576 bits per heavy atom. The van der Waals surface area contributed by atoms with Crippen LogP contribution in [0.1, 0.15) is 54.9 Å². The minimum absolute atomic E-state index is 0.388. The third kappa shape index (κ3) is 7.15. The molecule has 290 valence electrons. The smallest absolute Gasteiger partial charge is 0.0639 e. The van der Waals surface area contributed by atoms with Crippen LogP contribution in [-0.4, -0.2) is 10.6 Å². The largest absolute Gasteiger partial charge is 0.333 e. The van der Waals surface area contributed by atoms with Gasteiger partial charge in [0.1, 0.15) is 0 Å². The van der Waals surface area contributed by atoms with Crippen molar-refractivity contribution in [2.75, 3.05) is 4.90 Å². The Kier molecular flexibility index (Phi) is 11.0. The molecule has 8 aromatic rings. The molecule has 0 bridgehead atoms. The molecule has 0 N–H and O–H groups in total. The number of allylic oxidation sites excluding steroid dienone is 4. The fourth-order valence-corrected chi connectivity index (χ4v) is 10.5. The average Bonchev–Trinajstić information content (AvgIpc) is 3.96. The summed E-state index contributed by atoms with van der Waals surface area (Å²) < 4.78 is 2.46. The number of hydrogen-bond donors (Lipinski definition) is 0. The molecule has 0 saturated heterocycles. The van der Waals surface area contributed by atoms with E-state index in [0.717, 1.165) is 12.8 Å². The van der Waals surface area contributed by atoms with Crippen LogP contribution in [0.3, 0.4) is 0 Å². The van der Waals surface area contributed by atoms with Gasteiger partial charge >= 0.3 is 0 Å². The first kappa shape index (κ1) is 38.2. The molecule has 4 aliphatic rings. The number of thioether (sulfide) groups is 1. The predicted molar refractivity (Wildman–Crippen MR) is 255 cm³/mol. The summed E-state index contributed by atoms with van der Waals surface area (Å²) in [7, 11) is 0. The molecular weight excluding hydrogens is 733 g/mol. The van der Waals surface area contributed by atoms with Gasteiger partial charge in [0.15, 0.2) is 0 Å². The van der Waals surface area contributed by atoms with Gasteiger partial charge in [-0.05, 0) is 96.8 Å². The normalized spacial score (nSPS) is 16.5. The fraction of sp³-hybridized carbons (Fsp3) is 0.143. The van der Waals surface area contributed by atoms with Crippen LogP contribution in [0.15, 0.2) is 198 Å². The second-order valence-corrected chi connectivity index (χ2v) is 16.4. The van der Waals surface area contributed by atoms with Gasteiger partial charge in [0.25, 0.3) is 0 Å². The minimum atomic E-state index is 0.388. The summed E-state index contributed by atoms with van der Waals surface area (Å²) in [5, 5.41) is 5.41. The third-order valence-corrected chi connectivity index (χ3v) is 13.0. The van der Waals surface area contributed by atoms with Crippen molar-refractivity contribution in [1.82, 2.24) is 4.57 Å². The van der Waals surface area contributed by atoms with Crippen LogP contribution in [0.2, 0.25) is 0 Å². The lowest BCUT2D eigenvalue weighted by Gasteiger charge is -2.28. The van der Waals surface area contributed by atoms with Crippen molar-refractivity contribution < 1.29 is 0 Å². The van der Waals surface area contributed by atoms with Crippen molar-refractivity contribution in [2.45, 2.75) is 57.4 Å². The highest BCUT2D eigenvalue weighted by atomic mass is 32.2. The lowest BCUT2D eigenvalue weighted by Crippen LogP contribution is -2.38. The standard InChI is InChI=1S/C24H17NS.C23H19N.C7H8.C2H6/c1-4-12-20-16(8-1)17-9-2-5-13-21(17)25(20)22-14-7-11-19-18-10-3-6-15-23(18)26-24(19)22;1-16-11-13-21-20(15-16)23-19-10-6-5-7-17(19)12-14-22(23)24(21)18-8-3-2-4-9-18;1-7-5-3-2-4-6-7;1-2/h1-10,12-15,19H,11H2;2-13,15,22H,14H2,1H3;2-6H,1H3;1-2H3. The SMILES string of the molecule is C1=CC(n2c3ccccc3c3ccccc32)=C2Sc3ccccc3C2C1.CC.Cc1ccc2c(c1)C1=c3ccccc3=CCC1N2c1ccccc1.Cc1ccccc1. The molecule has 7 aromatic carbocycles. The quantitative estimate of drug-likeness (QED) is 0.173. The van der Waals surface area contributed by atoms with Crippen molar-refractivity contribution in [3.8, 4) is 0 Å². The maximum absolute atomic E-state index is 2.51. The van der Waals surface area contributed by atoms with Gasteiger partial charge in [0.2, 0.25) is 0 Å². The van der Waals surface area contributed by atoms with Gasteiger partial charge in [0, 0.05) is 43.4 Å². The summed E-state index contributed by atoms with van der Waals surface area (Å²) >= 11 is 1.95. The maximum atomic E-state index is 2.51. The van der Waals surface area contributed by atoms with Crippen LogP contribution in [0.4, 0.5) is 11.4 Å². The monoisotopic (exact) mass is 782 g/mol. The number of anilines is 2. The summed E-state index contributed by atoms with van der Waals surface area (Å²) in [5.41, 5.74) is 13.5. The molecule has 0 amide bonds. The predicted octanol–water partition coefficient (Wildman–Crippen LogP) is 13.7. The highest BCUT2D eigenvalue weighted by Gasteiger charge is 2.36. The number of hydrogen-bond acceptors (Lipinski definition) is 2. The number of aryl methyl sites for hydroxylation is 2. The van der Waals surface area contributed by atoms with Crippen LogP contribution in [0.25, 0.3) is 39.2 Å². The van der Waals surface area contributed by atoms with Gasteiger partial charge in [0.05, 0.1) is 22.8 Å². The summed E-state index contributed by atoms with van der Waals surface area (Å²) in [6.07, 6.45) is 9.20. The average molecular weight is 783 g/mol. The molecule has 2 aliphatic carbocycles. The van der Waals surface area contributed by atoms with Crippen LogP contribution in [0.5, 0.6) is 0 Å². The van der Waals surface area contributed by atoms with E-state index in [1.54, 1.807) is 0 Å². The number of aromatic nitrogens is 1. The molecule has 0 radical (unpaired) electrons. The Hall–Kier alpha value is -6.29. The lowest BCUT2D eigenvalue weighted by atomic mass is 9.91. The third-order valence-electron chi connectivity index (χ3n) is 11.7. The van der Waals surface area contributed by atoms with Gasteiger partial charge in [-0.2, -0.15) is 0 Å². The van der Waals surface area contributed by atoms with Crippen LogP contribution in [0, 0.1) is 13.8 Å². The minimum Gasteiger partial charge on any atom is -0.333 e. The van der Waals surface area contributed by atoms with Crippen molar-refractivity contribution in [1.29, 1.82) is 0 Å². The first-order valence-electron chi connectivity index (χ1n) is 21.1. The molecule has 2 nitrogen and oxygen atoms in total. The zero-order valence-corrected chi connectivity index (χ0v) is 35.2. The molecule has 59 heavy (non-hydrogen) atoms. The van der Waals surface area contributed by atoms with Crippen LogP contribution < -0.4 is 15.3 Å². The second kappa shape index (κ2) is 16.9. The molecule has 3 heteroatoms. The van der Waals surface area contributed by atoms with E-state index in [1.807, 2.05) is 43.8 Å². The highest BCUT2D eigenvalue weighted by Crippen LogP contribution is 2.54. The van der Waals surface area contributed by atoms with Crippen molar-refractivity contribution in [3.05, 3.63) is 226 Å². The maximum Gasteiger partial charge on any atom is 0.0639 e. The Bertz CT molecular complexity index is 2920. The molecule has 1 aromatic heterocycles. The van der Waals surface area contributed by atoms with Gasteiger partial charge < -0.3 is 9.47 Å². The van der Waals surface area contributed by atoms with Gasteiger partial charge in [-0.1, -0.05) is 182 Å². The zero-order valence-electron chi connectivity index (χ0n) is 34.3. The van der Waals surface area contributed by atoms with E-state index in [1.165, 1.54) is 86.9 Å². The molecule has 0 saturated carbocycles. The van der Waals surface area contributed by atoms with E-state index in [0.29, 0.717) is 12.0 Å². The zero-order chi connectivity index (χ0) is 40.3. The van der Waals surface area contributed by atoms with E-state index >= 15 is 0 Å². The van der Waals surface area contributed by atoms with Crippen LogP contribution >= 0.6 is 11.8 Å². The van der Waals surface area contributed by atoms with Crippen molar-refractivity contribution >= 4 is 62.3 Å². The van der Waals surface area contributed by atoms with E-state index in [4.69, 9.17) is 0 Å². The summed E-state index contributed by atoms with van der Waals surface area (Å²) in [6, 6.07) is 63.5. The molecule has 2 atom stereocenters. The van der Waals surface area contributed by atoms with E-state index in [-0.39, 0.29) is 0 Å². The van der Waals surface area contributed by atoms with Crippen LogP contribution in [-0.2, 0) is 0 Å². The summed E-state index contributed by atoms with van der Waals surface area (Å²) in [4.78, 5) is 5.41. The summed E-state index contributed by atoms with van der Waals surface area (Å²) in [5.74, 6) is 0.496. The number of para-hydroxylation sites is 3. The Morgan fingerprint density at radius 3 is 1.92 bits per heavy atom. The molecule has 2 aliphatic heterocycles. The van der Waals surface area contributed by atoms with Gasteiger partial charge in [-0.15, -0.1) is 0 Å². The number of rotatable bonds is 2. The number of fused-ring (bicyclic) bond motifs is 10. The molecule has 0 spiro atoms. The van der Waals surface area contributed by atoms with Crippen molar-refractivity contribution in [2.24, 2.45) is 0 Å². The Labute approximate surface area is 353 Å². The number of benzene rings is 7. The van der Waals surface area contributed by atoms with Gasteiger partial charge in [-0.3, -0.25) is 0 Å². The molecule has 2 unspecified atom stereocenters. The molecular formula is C56H50N2S. The topological polar surface area (TPSA) is 8.17 Å². The number of nitrogens with zero attached hydrogens (tertiary/aromatic N) is 2. The first-order chi connectivity index (χ1) is 29.1. The molecule has 0 fully saturated rings. The van der Waals surface area contributed by atoms with E-state index in [9.17, 15) is 0 Å². The first-order valence-corrected chi connectivity index (χ1v) is 21.9. The Balaban J connectivity index is 0.000000127. The lowest BCUT2D eigenvalue weighted by molar-refractivity contribution is 0.833. The molecule has 12 rings (SSSR count). The molecule has 3 heterocycles. The van der Waals surface area contributed by atoms with E-state index < -0.39 is 0 Å². The van der Waals surface area contributed by atoms with Gasteiger partial charge in [-0.25, -0.2) is 0 Å². The van der Waals surface area contributed by atoms with Crippen molar-refractivity contribution in [3.63, 3.8) is 0 Å². The highest BCUT2D eigenvalue weighted by molar-refractivity contribution is 8.03. The summed E-state index contributed by atoms with van der Waals surface area (Å²) in [6.45, 7) is 8.27.